The van der Waals surface area contributed by atoms with Crippen molar-refractivity contribution >= 4 is 0 Å². The molecular formula is C16H23F2N. The van der Waals surface area contributed by atoms with E-state index < -0.39 is 11.6 Å². The number of hydrogen-bond donors (Lipinski definition) is 1. The summed E-state index contributed by atoms with van der Waals surface area (Å²) in [6.45, 7) is 2.22. The standard InChI is InChI=1S/C16H23F2N/c1-2-12-4-3-8-16(19,9-7-12)11-13-5-6-14(17)10-15(13)18/h5-6,10,12H,2-4,7-9,11,19H2,1H3. The molecule has 1 nitrogen and oxygen atoms in total. The van der Waals surface area contributed by atoms with Crippen molar-refractivity contribution in [1.82, 2.24) is 0 Å². The third-order valence-electron chi connectivity index (χ3n) is 4.47. The van der Waals surface area contributed by atoms with Gasteiger partial charge in [-0.3, -0.25) is 0 Å². The molecular weight excluding hydrogens is 244 g/mol. The van der Waals surface area contributed by atoms with Crippen LogP contribution in [0.25, 0.3) is 0 Å². The molecule has 0 amide bonds. The van der Waals surface area contributed by atoms with E-state index in [4.69, 9.17) is 5.73 Å². The van der Waals surface area contributed by atoms with Gasteiger partial charge >= 0.3 is 0 Å². The Morgan fingerprint density at radius 3 is 2.74 bits per heavy atom. The second-order valence-electron chi connectivity index (χ2n) is 5.98. The van der Waals surface area contributed by atoms with Crippen molar-refractivity contribution in [2.45, 2.75) is 57.4 Å². The first kappa shape index (κ1) is 14.4. The average Bonchev–Trinajstić information content (AvgIpc) is 2.55. The molecule has 2 unspecified atom stereocenters. The molecule has 0 aliphatic heterocycles. The fourth-order valence-corrected chi connectivity index (χ4v) is 3.13. The van der Waals surface area contributed by atoms with Gasteiger partial charge in [0.1, 0.15) is 11.6 Å². The maximum atomic E-state index is 13.7. The van der Waals surface area contributed by atoms with E-state index in [-0.39, 0.29) is 5.54 Å². The van der Waals surface area contributed by atoms with E-state index in [2.05, 4.69) is 6.92 Å². The van der Waals surface area contributed by atoms with Gasteiger partial charge in [0.05, 0.1) is 0 Å². The lowest BCUT2D eigenvalue weighted by Gasteiger charge is -2.28. The molecule has 19 heavy (non-hydrogen) atoms. The van der Waals surface area contributed by atoms with Gasteiger partial charge in [-0.15, -0.1) is 0 Å². The summed E-state index contributed by atoms with van der Waals surface area (Å²) in [5, 5.41) is 0. The summed E-state index contributed by atoms with van der Waals surface area (Å²) < 4.78 is 26.6. The van der Waals surface area contributed by atoms with Crippen LogP contribution in [-0.2, 0) is 6.42 Å². The van der Waals surface area contributed by atoms with E-state index in [1.807, 2.05) is 0 Å². The van der Waals surface area contributed by atoms with Crippen molar-refractivity contribution in [2.75, 3.05) is 0 Å². The minimum Gasteiger partial charge on any atom is -0.325 e. The number of halogens is 2. The summed E-state index contributed by atoms with van der Waals surface area (Å²) in [4.78, 5) is 0. The quantitative estimate of drug-likeness (QED) is 0.816. The van der Waals surface area contributed by atoms with Crippen LogP contribution in [0.15, 0.2) is 18.2 Å². The van der Waals surface area contributed by atoms with E-state index >= 15 is 0 Å². The number of benzene rings is 1. The SMILES string of the molecule is CCC1CCCC(N)(Cc2ccc(F)cc2F)CC1. The summed E-state index contributed by atoms with van der Waals surface area (Å²) in [7, 11) is 0. The lowest BCUT2D eigenvalue weighted by molar-refractivity contribution is 0.353. The van der Waals surface area contributed by atoms with Crippen LogP contribution in [0.1, 0.15) is 51.0 Å². The fourth-order valence-electron chi connectivity index (χ4n) is 3.13. The van der Waals surface area contributed by atoms with Crippen molar-refractivity contribution < 1.29 is 8.78 Å². The highest BCUT2D eigenvalue weighted by atomic mass is 19.1. The molecule has 1 saturated carbocycles. The molecule has 0 heterocycles. The smallest absolute Gasteiger partial charge is 0.129 e. The van der Waals surface area contributed by atoms with Gasteiger partial charge < -0.3 is 5.73 Å². The molecule has 1 aliphatic rings. The van der Waals surface area contributed by atoms with Crippen LogP contribution in [0.4, 0.5) is 8.78 Å². The second kappa shape index (κ2) is 6.00. The third kappa shape index (κ3) is 3.75. The van der Waals surface area contributed by atoms with E-state index in [1.165, 1.54) is 25.0 Å². The van der Waals surface area contributed by atoms with Gasteiger partial charge in [-0.25, -0.2) is 8.78 Å². The Morgan fingerprint density at radius 2 is 2.05 bits per heavy atom. The molecule has 2 N–H and O–H groups in total. The molecule has 1 fully saturated rings. The predicted molar refractivity (Wildman–Crippen MR) is 73.8 cm³/mol. The lowest BCUT2D eigenvalue weighted by Crippen LogP contribution is -2.41. The lowest BCUT2D eigenvalue weighted by atomic mass is 9.84. The molecule has 0 saturated heterocycles. The Labute approximate surface area is 114 Å². The average molecular weight is 267 g/mol. The number of rotatable bonds is 3. The fraction of sp³-hybridized carbons (Fsp3) is 0.625. The Hall–Kier alpha value is -0.960. The first-order valence-corrected chi connectivity index (χ1v) is 7.25. The van der Waals surface area contributed by atoms with Crippen LogP contribution in [0.2, 0.25) is 0 Å². The Bertz CT molecular complexity index is 433. The molecule has 1 aliphatic carbocycles. The van der Waals surface area contributed by atoms with Crippen molar-refractivity contribution in [3.63, 3.8) is 0 Å². The van der Waals surface area contributed by atoms with E-state index in [1.54, 1.807) is 0 Å². The summed E-state index contributed by atoms with van der Waals surface area (Å²) in [5.41, 5.74) is 6.66. The minimum atomic E-state index is -0.528. The molecule has 0 spiro atoms. The highest BCUT2D eigenvalue weighted by Crippen LogP contribution is 2.33. The predicted octanol–water partition coefficient (Wildman–Crippen LogP) is 4.20. The van der Waals surface area contributed by atoms with Crippen molar-refractivity contribution in [3.8, 4) is 0 Å². The topological polar surface area (TPSA) is 26.0 Å². The zero-order chi connectivity index (χ0) is 13.9. The van der Waals surface area contributed by atoms with Crippen LogP contribution in [-0.4, -0.2) is 5.54 Å². The zero-order valence-electron chi connectivity index (χ0n) is 11.6. The van der Waals surface area contributed by atoms with Gasteiger partial charge in [0.2, 0.25) is 0 Å². The van der Waals surface area contributed by atoms with Gasteiger partial charge in [0.25, 0.3) is 0 Å². The molecule has 0 bridgehead atoms. The van der Waals surface area contributed by atoms with Gasteiger partial charge in [-0.2, -0.15) is 0 Å². The maximum Gasteiger partial charge on any atom is 0.129 e. The van der Waals surface area contributed by atoms with Gasteiger partial charge in [-0.05, 0) is 43.2 Å². The highest BCUT2D eigenvalue weighted by molar-refractivity contribution is 5.21. The molecule has 0 aromatic heterocycles. The minimum absolute atomic E-state index is 0.331. The van der Waals surface area contributed by atoms with Crippen LogP contribution < -0.4 is 5.73 Å². The zero-order valence-corrected chi connectivity index (χ0v) is 11.6. The normalized spacial score (nSPS) is 28.1. The molecule has 1 aromatic rings. The van der Waals surface area contributed by atoms with Crippen LogP contribution in [0.3, 0.4) is 0 Å². The van der Waals surface area contributed by atoms with Crippen LogP contribution >= 0.6 is 0 Å². The molecule has 106 valence electrons. The number of hydrogen-bond acceptors (Lipinski definition) is 1. The molecule has 1 aromatic carbocycles. The van der Waals surface area contributed by atoms with E-state index in [0.29, 0.717) is 12.0 Å². The summed E-state index contributed by atoms with van der Waals surface area (Å²) in [6, 6.07) is 3.79. The molecule has 0 radical (unpaired) electrons. The van der Waals surface area contributed by atoms with E-state index in [0.717, 1.165) is 37.7 Å². The summed E-state index contributed by atoms with van der Waals surface area (Å²) in [6.07, 6.45) is 7.02. The van der Waals surface area contributed by atoms with Crippen LogP contribution in [0.5, 0.6) is 0 Å². The molecule has 2 atom stereocenters. The summed E-state index contributed by atoms with van der Waals surface area (Å²) in [5.74, 6) is -0.246. The van der Waals surface area contributed by atoms with E-state index in [9.17, 15) is 8.78 Å². The van der Waals surface area contributed by atoms with Gasteiger partial charge in [-0.1, -0.05) is 32.3 Å². The second-order valence-corrected chi connectivity index (χ2v) is 5.98. The van der Waals surface area contributed by atoms with Crippen LogP contribution in [0, 0.1) is 17.6 Å². The van der Waals surface area contributed by atoms with Crippen molar-refractivity contribution in [2.24, 2.45) is 11.7 Å². The third-order valence-corrected chi connectivity index (χ3v) is 4.47. The van der Waals surface area contributed by atoms with Gasteiger partial charge in [0, 0.05) is 11.6 Å². The monoisotopic (exact) mass is 267 g/mol. The number of nitrogens with two attached hydrogens (primary N) is 1. The molecule has 3 heteroatoms. The van der Waals surface area contributed by atoms with Gasteiger partial charge in [0.15, 0.2) is 0 Å². The van der Waals surface area contributed by atoms with Crippen molar-refractivity contribution in [3.05, 3.63) is 35.4 Å². The van der Waals surface area contributed by atoms with Crippen molar-refractivity contribution in [1.29, 1.82) is 0 Å². The highest BCUT2D eigenvalue weighted by Gasteiger charge is 2.29. The Morgan fingerprint density at radius 1 is 1.26 bits per heavy atom. The molecule has 2 rings (SSSR count). The first-order chi connectivity index (χ1) is 9.02. The Balaban J connectivity index is 2.08. The largest absolute Gasteiger partial charge is 0.325 e. The first-order valence-electron chi connectivity index (χ1n) is 7.25. The maximum absolute atomic E-state index is 13.7. The Kier molecular flexibility index (Phi) is 4.56. The summed E-state index contributed by atoms with van der Waals surface area (Å²) >= 11 is 0.